The predicted octanol–water partition coefficient (Wildman–Crippen LogP) is 4.77. The molecule has 0 radical (unpaired) electrons. The van der Waals surface area contributed by atoms with Gasteiger partial charge in [0.05, 0.1) is 17.5 Å². The molecule has 4 rings (SSSR count). The zero-order valence-electron chi connectivity index (χ0n) is 13.0. The van der Waals surface area contributed by atoms with E-state index in [1.807, 2.05) is 48.5 Å². The number of amidine groups is 1. The molecule has 0 bridgehead atoms. The summed E-state index contributed by atoms with van der Waals surface area (Å²) in [5, 5.41) is 8.29. The lowest BCUT2D eigenvalue weighted by Crippen LogP contribution is -2.24. The molecule has 4 nitrogen and oxygen atoms in total. The van der Waals surface area contributed by atoms with Crippen LogP contribution in [0, 0.1) is 0 Å². The molecule has 0 saturated carbocycles. The van der Waals surface area contributed by atoms with E-state index in [0.29, 0.717) is 27.4 Å². The molecule has 126 valence electrons. The molecule has 7 heteroatoms. The summed E-state index contributed by atoms with van der Waals surface area (Å²) in [6.45, 7) is 0. The smallest absolute Gasteiger partial charge is 0.258 e. The van der Waals surface area contributed by atoms with Gasteiger partial charge in [-0.15, -0.1) is 0 Å². The number of carbonyl (C=O) groups excluding carboxylic acids is 1. The van der Waals surface area contributed by atoms with Gasteiger partial charge >= 0.3 is 0 Å². The van der Waals surface area contributed by atoms with Crippen LogP contribution in [-0.2, 0) is 4.79 Å². The van der Waals surface area contributed by atoms with E-state index < -0.39 is 0 Å². The Hall–Kier alpha value is -1.82. The molecule has 2 aliphatic rings. The van der Waals surface area contributed by atoms with Gasteiger partial charge in [-0.1, -0.05) is 71.4 Å². The number of rotatable bonds is 2. The third-order valence-electron chi connectivity index (χ3n) is 4.09. The Morgan fingerprint density at radius 1 is 1.04 bits per heavy atom. The molecule has 0 N–H and O–H groups in total. The third kappa shape index (κ3) is 3.19. The molecule has 2 aliphatic heterocycles. The Morgan fingerprint density at radius 3 is 2.40 bits per heavy atom. The van der Waals surface area contributed by atoms with Crippen molar-refractivity contribution in [3.05, 3.63) is 69.7 Å². The number of carbonyl (C=O) groups is 1. The van der Waals surface area contributed by atoms with Gasteiger partial charge in [0.2, 0.25) is 0 Å². The number of hydrogen-bond donors (Lipinski definition) is 0. The molecule has 0 fully saturated rings. The van der Waals surface area contributed by atoms with Crippen molar-refractivity contribution in [2.24, 2.45) is 10.1 Å². The normalized spacial score (nSPS) is 20.0. The van der Waals surface area contributed by atoms with E-state index in [2.05, 4.69) is 4.99 Å². The quantitative estimate of drug-likeness (QED) is 0.742. The van der Waals surface area contributed by atoms with E-state index in [1.165, 1.54) is 11.8 Å². The predicted molar refractivity (Wildman–Crippen MR) is 104 cm³/mol. The molecule has 2 aromatic carbocycles. The highest BCUT2D eigenvalue weighted by Gasteiger charge is 2.36. The summed E-state index contributed by atoms with van der Waals surface area (Å²) in [5.41, 5.74) is 2.76. The minimum Gasteiger partial charge on any atom is -0.272 e. The van der Waals surface area contributed by atoms with E-state index >= 15 is 0 Å². The Balaban J connectivity index is 1.78. The molecule has 0 saturated heterocycles. The first kappa shape index (κ1) is 16.6. The topological polar surface area (TPSA) is 45.0 Å². The zero-order valence-corrected chi connectivity index (χ0v) is 15.4. The number of benzene rings is 2. The summed E-state index contributed by atoms with van der Waals surface area (Å²) in [6, 6.07) is 15.2. The molecule has 0 aromatic heterocycles. The fourth-order valence-electron chi connectivity index (χ4n) is 2.96. The Labute approximate surface area is 159 Å². The van der Waals surface area contributed by atoms with Crippen LogP contribution in [0.25, 0.3) is 0 Å². The van der Waals surface area contributed by atoms with Gasteiger partial charge in [-0.3, -0.25) is 4.79 Å². The molecular weight excluding hydrogens is 377 g/mol. The van der Waals surface area contributed by atoms with Crippen LogP contribution in [0.1, 0.15) is 23.6 Å². The summed E-state index contributed by atoms with van der Waals surface area (Å²) in [5.74, 6) is 0.192. The van der Waals surface area contributed by atoms with Gasteiger partial charge < -0.3 is 0 Å². The SMILES string of the molecule is O=C1CSC(N2N=C(c3ccccc3)CC2c2c(Cl)cccc2Cl)=N1. The van der Waals surface area contributed by atoms with Crippen LogP contribution in [0.15, 0.2) is 58.6 Å². The van der Waals surface area contributed by atoms with Crippen molar-refractivity contribution >= 4 is 51.8 Å². The van der Waals surface area contributed by atoms with Crippen molar-refractivity contribution in [1.82, 2.24) is 5.01 Å². The van der Waals surface area contributed by atoms with Crippen LogP contribution < -0.4 is 0 Å². The first-order valence-corrected chi connectivity index (χ1v) is 9.48. The fraction of sp³-hybridized carbons (Fsp3) is 0.167. The third-order valence-corrected chi connectivity index (χ3v) is 5.68. The van der Waals surface area contributed by atoms with Crippen molar-refractivity contribution < 1.29 is 4.79 Å². The summed E-state index contributed by atoms with van der Waals surface area (Å²) < 4.78 is 0. The van der Waals surface area contributed by atoms with Gasteiger partial charge in [0, 0.05) is 22.0 Å². The Kier molecular flexibility index (Phi) is 4.54. The van der Waals surface area contributed by atoms with Crippen LogP contribution in [0.5, 0.6) is 0 Å². The average molecular weight is 390 g/mol. The highest BCUT2D eigenvalue weighted by molar-refractivity contribution is 8.14. The van der Waals surface area contributed by atoms with Gasteiger partial charge in [-0.2, -0.15) is 10.1 Å². The molecule has 1 unspecified atom stereocenters. The van der Waals surface area contributed by atoms with E-state index in [-0.39, 0.29) is 11.9 Å². The monoisotopic (exact) mass is 389 g/mol. The van der Waals surface area contributed by atoms with Crippen LogP contribution in [0.3, 0.4) is 0 Å². The van der Waals surface area contributed by atoms with Crippen molar-refractivity contribution in [2.45, 2.75) is 12.5 Å². The molecular formula is C18H13Cl2N3OS. The molecule has 1 atom stereocenters. The first-order valence-electron chi connectivity index (χ1n) is 7.74. The lowest BCUT2D eigenvalue weighted by atomic mass is 9.98. The largest absolute Gasteiger partial charge is 0.272 e. The zero-order chi connectivity index (χ0) is 17.4. The molecule has 0 aliphatic carbocycles. The molecule has 0 spiro atoms. The number of thioether (sulfide) groups is 1. The number of aliphatic imine (C=N–C) groups is 1. The van der Waals surface area contributed by atoms with Crippen molar-refractivity contribution in [3.63, 3.8) is 0 Å². The van der Waals surface area contributed by atoms with Gasteiger partial charge in [0.25, 0.3) is 5.91 Å². The van der Waals surface area contributed by atoms with Gasteiger partial charge in [0.1, 0.15) is 0 Å². The van der Waals surface area contributed by atoms with E-state index in [1.54, 1.807) is 5.01 Å². The molecule has 25 heavy (non-hydrogen) atoms. The second-order valence-corrected chi connectivity index (χ2v) is 7.45. The van der Waals surface area contributed by atoms with Crippen molar-refractivity contribution in [1.29, 1.82) is 0 Å². The number of amides is 1. The van der Waals surface area contributed by atoms with E-state index in [0.717, 1.165) is 16.8 Å². The maximum atomic E-state index is 11.6. The lowest BCUT2D eigenvalue weighted by Gasteiger charge is -2.24. The Bertz CT molecular complexity index is 878. The van der Waals surface area contributed by atoms with Crippen molar-refractivity contribution in [2.75, 3.05) is 5.75 Å². The average Bonchev–Trinajstić information content (AvgIpc) is 3.22. The minimum atomic E-state index is -0.187. The van der Waals surface area contributed by atoms with Gasteiger partial charge in [0.15, 0.2) is 5.17 Å². The first-order chi connectivity index (χ1) is 12.1. The highest BCUT2D eigenvalue weighted by Crippen LogP contribution is 2.41. The minimum absolute atomic E-state index is 0.146. The summed E-state index contributed by atoms with van der Waals surface area (Å²) in [6.07, 6.45) is 0.640. The molecule has 1 amide bonds. The summed E-state index contributed by atoms with van der Waals surface area (Å²) >= 11 is 14.2. The highest BCUT2D eigenvalue weighted by atomic mass is 35.5. The molecule has 2 aromatic rings. The van der Waals surface area contributed by atoms with Crippen LogP contribution in [0.4, 0.5) is 0 Å². The number of hydrazone groups is 1. The second-order valence-electron chi connectivity index (χ2n) is 5.69. The fourth-order valence-corrected chi connectivity index (χ4v) is 4.39. The van der Waals surface area contributed by atoms with E-state index in [4.69, 9.17) is 28.3 Å². The lowest BCUT2D eigenvalue weighted by molar-refractivity contribution is -0.115. The number of nitrogens with zero attached hydrogens (tertiary/aromatic N) is 3. The number of hydrogen-bond acceptors (Lipinski definition) is 4. The number of halogens is 2. The van der Waals surface area contributed by atoms with Crippen LogP contribution >= 0.6 is 35.0 Å². The van der Waals surface area contributed by atoms with Crippen molar-refractivity contribution in [3.8, 4) is 0 Å². The van der Waals surface area contributed by atoms with Crippen LogP contribution in [0.2, 0.25) is 10.0 Å². The Morgan fingerprint density at radius 2 is 1.76 bits per heavy atom. The van der Waals surface area contributed by atoms with E-state index in [9.17, 15) is 4.79 Å². The van der Waals surface area contributed by atoms with Gasteiger partial charge in [-0.25, -0.2) is 5.01 Å². The maximum Gasteiger partial charge on any atom is 0.258 e. The molecule has 2 heterocycles. The maximum absolute atomic E-state index is 11.6. The summed E-state index contributed by atoms with van der Waals surface area (Å²) in [4.78, 5) is 15.7. The van der Waals surface area contributed by atoms with Crippen LogP contribution in [-0.4, -0.2) is 27.5 Å². The van der Waals surface area contributed by atoms with Gasteiger partial charge in [-0.05, 0) is 17.7 Å². The second kappa shape index (κ2) is 6.83. The summed E-state index contributed by atoms with van der Waals surface area (Å²) in [7, 11) is 0. The standard InChI is InChI=1S/C18H13Cl2N3OS/c19-12-7-4-8-13(20)17(12)15-9-14(11-5-2-1-3-6-11)22-23(15)18-21-16(24)10-25-18/h1-8,15H,9-10H2.